The Labute approximate surface area is 98.4 Å². The highest BCUT2D eigenvalue weighted by atomic mass is 16.6. The van der Waals surface area contributed by atoms with Crippen molar-refractivity contribution in [3.8, 4) is 0 Å². The Morgan fingerprint density at radius 3 is 2.69 bits per heavy atom. The standard InChI is InChI=1S/C14H22O2/c1-6-13-9-10(3)8-11(4)14(13,7-2)16-12(5)15/h7,11,13H,2-3,6,8-9H2,1,4-5H3. The first-order chi connectivity index (χ1) is 7.46. The highest BCUT2D eigenvalue weighted by molar-refractivity contribution is 5.67. The van der Waals surface area contributed by atoms with Crippen molar-refractivity contribution in [2.75, 3.05) is 0 Å². The van der Waals surface area contributed by atoms with Gasteiger partial charge in [-0.05, 0) is 25.3 Å². The summed E-state index contributed by atoms with van der Waals surface area (Å²) >= 11 is 0. The normalized spacial score (nSPS) is 34.6. The number of hydrogen-bond acceptors (Lipinski definition) is 2. The fourth-order valence-electron chi connectivity index (χ4n) is 2.89. The first kappa shape index (κ1) is 13.0. The van der Waals surface area contributed by atoms with Crippen LogP contribution in [0.2, 0.25) is 0 Å². The van der Waals surface area contributed by atoms with Crippen molar-refractivity contribution in [2.24, 2.45) is 11.8 Å². The molecule has 0 amide bonds. The largest absolute Gasteiger partial charge is 0.454 e. The molecule has 0 heterocycles. The van der Waals surface area contributed by atoms with Gasteiger partial charge in [0.1, 0.15) is 5.60 Å². The van der Waals surface area contributed by atoms with Crippen molar-refractivity contribution in [1.29, 1.82) is 0 Å². The first-order valence-corrected chi connectivity index (χ1v) is 5.96. The second kappa shape index (κ2) is 4.86. The maximum Gasteiger partial charge on any atom is 0.303 e. The summed E-state index contributed by atoms with van der Waals surface area (Å²) in [6.45, 7) is 13.6. The maximum absolute atomic E-state index is 11.3. The number of rotatable bonds is 3. The molecule has 0 aromatic carbocycles. The van der Waals surface area contributed by atoms with Crippen LogP contribution in [0, 0.1) is 11.8 Å². The number of allylic oxidation sites excluding steroid dienone is 1. The van der Waals surface area contributed by atoms with Gasteiger partial charge in [-0.2, -0.15) is 0 Å². The Morgan fingerprint density at radius 1 is 1.62 bits per heavy atom. The molecular weight excluding hydrogens is 200 g/mol. The smallest absolute Gasteiger partial charge is 0.303 e. The third kappa shape index (κ3) is 2.21. The average Bonchev–Trinajstić information content (AvgIpc) is 2.21. The van der Waals surface area contributed by atoms with E-state index in [9.17, 15) is 4.79 Å². The number of carbonyl (C=O) groups is 1. The van der Waals surface area contributed by atoms with Crippen LogP contribution in [0.4, 0.5) is 0 Å². The summed E-state index contributed by atoms with van der Waals surface area (Å²) in [6, 6.07) is 0. The maximum atomic E-state index is 11.3. The average molecular weight is 222 g/mol. The molecule has 1 fully saturated rings. The summed E-state index contributed by atoms with van der Waals surface area (Å²) in [7, 11) is 0. The van der Waals surface area contributed by atoms with Crippen LogP contribution in [-0.4, -0.2) is 11.6 Å². The highest BCUT2D eigenvalue weighted by Crippen LogP contribution is 2.45. The predicted octanol–water partition coefficient (Wildman–Crippen LogP) is 3.49. The predicted molar refractivity (Wildman–Crippen MR) is 66.0 cm³/mol. The fraction of sp³-hybridized carbons (Fsp3) is 0.643. The third-order valence-electron chi connectivity index (χ3n) is 3.67. The second-order valence-corrected chi connectivity index (χ2v) is 4.82. The third-order valence-corrected chi connectivity index (χ3v) is 3.67. The van der Waals surface area contributed by atoms with Crippen LogP contribution in [0.3, 0.4) is 0 Å². The number of ether oxygens (including phenoxy) is 1. The second-order valence-electron chi connectivity index (χ2n) is 4.82. The molecule has 0 radical (unpaired) electrons. The monoisotopic (exact) mass is 222 g/mol. The molecule has 0 bridgehead atoms. The van der Waals surface area contributed by atoms with Crippen molar-refractivity contribution >= 4 is 5.97 Å². The lowest BCUT2D eigenvalue weighted by Crippen LogP contribution is -2.48. The van der Waals surface area contributed by atoms with Crippen molar-refractivity contribution in [3.63, 3.8) is 0 Å². The molecule has 0 aromatic rings. The molecule has 1 rings (SSSR count). The van der Waals surface area contributed by atoms with Crippen molar-refractivity contribution in [1.82, 2.24) is 0 Å². The van der Waals surface area contributed by atoms with E-state index in [4.69, 9.17) is 4.74 Å². The van der Waals surface area contributed by atoms with Crippen molar-refractivity contribution in [3.05, 3.63) is 24.8 Å². The minimum absolute atomic E-state index is 0.224. The van der Waals surface area contributed by atoms with E-state index in [1.807, 2.05) is 6.08 Å². The van der Waals surface area contributed by atoms with E-state index >= 15 is 0 Å². The van der Waals surface area contributed by atoms with Gasteiger partial charge in [0.15, 0.2) is 0 Å². The van der Waals surface area contributed by atoms with Gasteiger partial charge >= 0.3 is 5.97 Å². The lowest BCUT2D eigenvalue weighted by atomic mass is 9.66. The molecule has 0 saturated heterocycles. The van der Waals surface area contributed by atoms with Gasteiger partial charge in [0.25, 0.3) is 0 Å². The van der Waals surface area contributed by atoms with E-state index in [0.29, 0.717) is 5.92 Å². The molecule has 3 atom stereocenters. The van der Waals surface area contributed by atoms with Crippen LogP contribution in [-0.2, 0) is 9.53 Å². The van der Waals surface area contributed by atoms with Crippen LogP contribution in [0.25, 0.3) is 0 Å². The summed E-state index contributed by atoms with van der Waals surface area (Å²) in [5.74, 6) is 0.350. The van der Waals surface area contributed by atoms with Gasteiger partial charge in [-0.25, -0.2) is 0 Å². The van der Waals surface area contributed by atoms with E-state index in [2.05, 4.69) is 27.0 Å². The van der Waals surface area contributed by atoms with Gasteiger partial charge in [0, 0.05) is 18.8 Å². The molecule has 1 aliphatic carbocycles. The van der Waals surface area contributed by atoms with Crippen LogP contribution in [0.1, 0.15) is 40.0 Å². The molecule has 0 N–H and O–H groups in total. The van der Waals surface area contributed by atoms with E-state index in [0.717, 1.165) is 19.3 Å². The number of hydrogen-bond donors (Lipinski definition) is 0. The zero-order valence-electron chi connectivity index (χ0n) is 10.6. The Balaban J connectivity index is 3.05. The quantitative estimate of drug-likeness (QED) is 0.539. The lowest BCUT2D eigenvalue weighted by Gasteiger charge is -2.46. The summed E-state index contributed by atoms with van der Waals surface area (Å²) < 4.78 is 5.59. The topological polar surface area (TPSA) is 26.3 Å². The summed E-state index contributed by atoms with van der Waals surface area (Å²) in [6.07, 6.45) is 4.64. The van der Waals surface area contributed by atoms with E-state index in [1.165, 1.54) is 12.5 Å². The lowest BCUT2D eigenvalue weighted by molar-refractivity contribution is -0.165. The molecule has 0 spiro atoms. The number of carbonyl (C=O) groups excluding carboxylic acids is 1. The van der Waals surface area contributed by atoms with Gasteiger partial charge in [-0.1, -0.05) is 32.6 Å². The summed E-state index contributed by atoms with van der Waals surface area (Å²) in [5, 5.41) is 0. The molecule has 16 heavy (non-hydrogen) atoms. The van der Waals surface area contributed by atoms with E-state index in [1.54, 1.807) is 0 Å². The molecular formula is C14H22O2. The van der Waals surface area contributed by atoms with Gasteiger partial charge in [0.2, 0.25) is 0 Å². The minimum Gasteiger partial charge on any atom is -0.454 e. The van der Waals surface area contributed by atoms with Gasteiger partial charge < -0.3 is 4.74 Å². The highest BCUT2D eigenvalue weighted by Gasteiger charge is 2.46. The van der Waals surface area contributed by atoms with Gasteiger partial charge in [-0.3, -0.25) is 4.79 Å². The van der Waals surface area contributed by atoms with Crippen LogP contribution in [0.5, 0.6) is 0 Å². The molecule has 0 aromatic heterocycles. The van der Waals surface area contributed by atoms with E-state index < -0.39 is 5.60 Å². The summed E-state index contributed by atoms with van der Waals surface area (Å²) in [5.41, 5.74) is 0.755. The zero-order valence-corrected chi connectivity index (χ0v) is 10.6. The number of esters is 1. The Hall–Kier alpha value is -1.05. The molecule has 1 saturated carbocycles. The van der Waals surface area contributed by atoms with Crippen LogP contribution < -0.4 is 0 Å². The Morgan fingerprint density at radius 2 is 2.25 bits per heavy atom. The summed E-state index contributed by atoms with van der Waals surface area (Å²) in [4.78, 5) is 11.3. The van der Waals surface area contributed by atoms with Crippen LogP contribution >= 0.6 is 0 Å². The van der Waals surface area contributed by atoms with Gasteiger partial charge in [0.05, 0.1) is 0 Å². The first-order valence-electron chi connectivity index (χ1n) is 5.96. The minimum atomic E-state index is -0.498. The van der Waals surface area contributed by atoms with Crippen molar-refractivity contribution in [2.45, 2.75) is 45.6 Å². The molecule has 0 aliphatic heterocycles. The molecule has 3 unspecified atom stereocenters. The Bertz CT molecular complexity index is 306. The molecule has 90 valence electrons. The van der Waals surface area contributed by atoms with Crippen LogP contribution in [0.15, 0.2) is 24.8 Å². The SMILES string of the molecule is C=CC1(OC(C)=O)C(C)CC(=C)CC1CC. The Kier molecular flexibility index (Phi) is 3.95. The van der Waals surface area contributed by atoms with Gasteiger partial charge in [-0.15, -0.1) is 0 Å². The fourth-order valence-corrected chi connectivity index (χ4v) is 2.89. The molecule has 2 heteroatoms. The van der Waals surface area contributed by atoms with Crippen molar-refractivity contribution < 1.29 is 9.53 Å². The molecule has 1 aliphatic rings. The molecule has 2 nitrogen and oxygen atoms in total. The zero-order chi connectivity index (χ0) is 12.3. The van der Waals surface area contributed by atoms with E-state index in [-0.39, 0.29) is 11.9 Å².